The molecule has 1 N–H and O–H groups in total. The highest BCUT2D eigenvalue weighted by atomic mass is 32.2. The molecular weight excluding hydrogens is 392 g/mol. The molecule has 2 aromatic rings. The van der Waals surface area contributed by atoms with E-state index < -0.39 is 16.1 Å². The molecule has 0 aliphatic rings. The van der Waals surface area contributed by atoms with Crippen LogP contribution in [0.1, 0.15) is 11.4 Å². The number of thiazole rings is 1. The van der Waals surface area contributed by atoms with Crippen LogP contribution in [0.4, 0.5) is 0 Å². The molecule has 2 rings (SSSR count). The second kappa shape index (κ2) is 9.45. The summed E-state index contributed by atoms with van der Waals surface area (Å²) in [5, 5.41) is 11.0. The van der Waals surface area contributed by atoms with Crippen molar-refractivity contribution in [2.24, 2.45) is 0 Å². The van der Waals surface area contributed by atoms with E-state index >= 15 is 0 Å². The molecule has 10 heteroatoms. The van der Waals surface area contributed by atoms with Crippen molar-refractivity contribution in [2.75, 3.05) is 40.6 Å². The van der Waals surface area contributed by atoms with Crippen molar-refractivity contribution in [3.63, 3.8) is 0 Å². The number of benzene rings is 1. The first-order valence-corrected chi connectivity index (χ1v) is 10.7. The molecular formula is C17H27N2O6S2+. The number of aryl methyl sites for hydroxylation is 2. The molecule has 1 heterocycles. The highest BCUT2D eigenvalue weighted by molar-refractivity contribution is 7.85. The van der Waals surface area contributed by atoms with E-state index in [4.69, 9.17) is 9.29 Å². The molecule has 0 spiro atoms. The molecule has 0 fully saturated rings. The number of aromatic nitrogens is 1. The fraction of sp³-hybridized carbons (Fsp3) is 0.529. The molecule has 0 saturated heterocycles. The average Bonchev–Trinajstić information content (AvgIpc) is 2.79. The first-order valence-electron chi connectivity index (χ1n) is 8.25. The lowest BCUT2D eigenvalue weighted by atomic mass is 10.3. The summed E-state index contributed by atoms with van der Waals surface area (Å²) in [6.45, 7) is 2.61. The zero-order chi connectivity index (χ0) is 20.8. The van der Waals surface area contributed by atoms with E-state index in [0.29, 0.717) is 17.4 Å². The van der Waals surface area contributed by atoms with Crippen LogP contribution in [0.25, 0.3) is 10.2 Å². The first-order chi connectivity index (χ1) is 12.3. The van der Waals surface area contributed by atoms with Gasteiger partial charge in [-0.15, -0.1) is 0 Å². The molecule has 27 heavy (non-hydrogen) atoms. The number of hydrogen-bond donors (Lipinski definition) is 1. The summed E-state index contributed by atoms with van der Waals surface area (Å²) in [6.07, 6.45) is 0.382. The summed E-state index contributed by atoms with van der Waals surface area (Å²) in [5.74, 6) is -0.452. The van der Waals surface area contributed by atoms with Gasteiger partial charge in [0, 0.05) is 13.3 Å². The first kappa shape index (κ1) is 23.3. The SMILES string of the molecule is COc1ccc2sc(C)[n+](CCCS(=O)(=O)O)c2c1.C[N+](C)(C)CC(=O)[O-]. The van der Waals surface area contributed by atoms with E-state index in [1.807, 2.05) is 29.7 Å². The van der Waals surface area contributed by atoms with Gasteiger partial charge in [-0.2, -0.15) is 13.0 Å². The number of ether oxygens (including phenoxy) is 1. The summed E-state index contributed by atoms with van der Waals surface area (Å²) < 4.78 is 39.0. The zero-order valence-electron chi connectivity index (χ0n) is 16.3. The Morgan fingerprint density at radius 2 is 1.96 bits per heavy atom. The van der Waals surface area contributed by atoms with Crippen LogP contribution in [0, 0.1) is 6.92 Å². The van der Waals surface area contributed by atoms with Crippen LogP contribution in [0.15, 0.2) is 18.2 Å². The topological polar surface area (TPSA) is 108 Å². The molecule has 0 amide bonds. The van der Waals surface area contributed by atoms with Crippen molar-refractivity contribution in [2.45, 2.75) is 19.9 Å². The van der Waals surface area contributed by atoms with Gasteiger partial charge in [-0.25, -0.2) is 0 Å². The molecule has 1 aromatic heterocycles. The van der Waals surface area contributed by atoms with Crippen molar-refractivity contribution < 1.29 is 36.7 Å². The minimum Gasteiger partial charge on any atom is -0.544 e. The minimum absolute atomic E-state index is 0.0694. The van der Waals surface area contributed by atoms with Crippen molar-refractivity contribution in [3.05, 3.63) is 23.2 Å². The molecule has 0 atom stereocenters. The number of carboxylic acids is 1. The monoisotopic (exact) mass is 419 g/mol. The Morgan fingerprint density at radius 1 is 1.33 bits per heavy atom. The Hall–Kier alpha value is -1.75. The van der Waals surface area contributed by atoms with E-state index in [1.165, 1.54) is 0 Å². The lowest BCUT2D eigenvalue weighted by Crippen LogP contribution is -2.45. The lowest BCUT2D eigenvalue weighted by Gasteiger charge is -2.23. The molecule has 0 radical (unpaired) electrons. The maximum Gasteiger partial charge on any atom is 0.265 e. The van der Waals surface area contributed by atoms with E-state index in [9.17, 15) is 18.3 Å². The Kier molecular flexibility index (Phi) is 8.15. The number of carbonyl (C=O) groups is 1. The van der Waals surface area contributed by atoms with Crippen molar-refractivity contribution in [1.82, 2.24) is 0 Å². The van der Waals surface area contributed by atoms with Gasteiger partial charge in [0.2, 0.25) is 10.5 Å². The summed E-state index contributed by atoms with van der Waals surface area (Å²) in [4.78, 5) is 9.89. The highest BCUT2D eigenvalue weighted by Crippen LogP contribution is 2.24. The number of quaternary nitrogens is 1. The van der Waals surface area contributed by atoms with Gasteiger partial charge in [0.1, 0.15) is 17.0 Å². The standard InChI is InChI=1S/C12H15NO4S2.C5H11NO2/c1-9-13(6-3-7-19(14,15)16)11-8-10(17-2)4-5-12(11)18-9;1-6(2,3)4-5(7)8/h4-5,8H,3,6-7H2,1-2H3;4H2,1-3H3/p+1. The quantitative estimate of drug-likeness (QED) is 0.391. The van der Waals surface area contributed by atoms with Gasteiger partial charge in [-0.3, -0.25) is 4.55 Å². The summed E-state index contributed by atoms with van der Waals surface area (Å²) in [7, 11) is 3.13. The van der Waals surface area contributed by atoms with Crippen molar-refractivity contribution >= 4 is 37.6 Å². The largest absolute Gasteiger partial charge is 0.544 e. The number of methoxy groups -OCH3 is 1. The van der Waals surface area contributed by atoms with Crippen LogP contribution in [0.5, 0.6) is 5.75 Å². The second-order valence-electron chi connectivity index (χ2n) is 7.07. The maximum absolute atomic E-state index is 10.7. The van der Waals surface area contributed by atoms with Gasteiger partial charge in [-0.1, -0.05) is 11.3 Å². The van der Waals surface area contributed by atoms with Crippen LogP contribution in [0.2, 0.25) is 0 Å². The van der Waals surface area contributed by atoms with Crippen LogP contribution >= 0.6 is 11.3 Å². The minimum atomic E-state index is -3.89. The third kappa shape index (κ3) is 8.65. The smallest absolute Gasteiger partial charge is 0.265 e. The summed E-state index contributed by atoms with van der Waals surface area (Å²) in [5.41, 5.74) is 1.03. The fourth-order valence-electron chi connectivity index (χ4n) is 2.38. The average molecular weight is 420 g/mol. The van der Waals surface area contributed by atoms with Crippen molar-refractivity contribution in [1.29, 1.82) is 0 Å². The number of aliphatic carboxylic acids is 1. The van der Waals surface area contributed by atoms with Crippen LogP contribution < -0.4 is 14.4 Å². The molecule has 0 unspecified atom stereocenters. The van der Waals surface area contributed by atoms with E-state index in [1.54, 1.807) is 39.6 Å². The Morgan fingerprint density at radius 3 is 2.41 bits per heavy atom. The lowest BCUT2D eigenvalue weighted by molar-refractivity contribution is -0.864. The maximum atomic E-state index is 10.7. The number of carboxylic acid groups (broad SMARTS) is 1. The predicted octanol–water partition coefficient (Wildman–Crippen LogP) is 0.226. The zero-order valence-corrected chi connectivity index (χ0v) is 17.9. The molecule has 0 aliphatic heterocycles. The molecule has 152 valence electrons. The number of fused-ring (bicyclic) bond motifs is 1. The number of nitrogens with zero attached hydrogens (tertiary/aromatic N) is 2. The molecule has 0 bridgehead atoms. The van der Waals surface area contributed by atoms with Gasteiger partial charge >= 0.3 is 0 Å². The number of rotatable bonds is 7. The Bertz CT molecular complexity index is 885. The van der Waals surface area contributed by atoms with Gasteiger partial charge in [0.15, 0.2) is 6.54 Å². The van der Waals surface area contributed by atoms with Gasteiger partial charge in [0.25, 0.3) is 10.1 Å². The predicted molar refractivity (Wildman–Crippen MR) is 102 cm³/mol. The van der Waals surface area contributed by atoms with E-state index in [0.717, 1.165) is 21.0 Å². The third-order valence-corrected chi connectivity index (χ3v) is 5.37. The second-order valence-corrected chi connectivity index (χ2v) is 9.87. The van der Waals surface area contributed by atoms with Crippen LogP contribution in [-0.4, -0.2) is 64.0 Å². The molecule has 0 saturated carbocycles. The van der Waals surface area contributed by atoms with E-state index in [2.05, 4.69) is 0 Å². The molecule has 1 aromatic carbocycles. The fourth-order valence-corrected chi connectivity index (χ4v) is 3.90. The third-order valence-electron chi connectivity index (χ3n) is 3.48. The number of likely N-dealkylation sites (N-methyl/N-ethyl adjacent to an activating group) is 1. The van der Waals surface area contributed by atoms with Gasteiger partial charge < -0.3 is 19.1 Å². The van der Waals surface area contributed by atoms with E-state index in [-0.39, 0.29) is 12.3 Å². The summed E-state index contributed by atoms with van der Waals surface area (Å²) in [6, 6.07) is 5.83. The Labute approximate surface area is 164 Å². The van der Waals surface area contributed by atoms with Crippen molar-refractivity contribution in [3.8, 4) is 5.75 Å². The Balaban J connectivity index is 0.000000387. The summed E-state index contributed by atoms with van der Waals surface area (Å²) >= 11 is 1.65. The van der Waals surface area contributed by atoms with Gasteiger partial charge in [-0.05, 0) is 12.1 Å². The molecule has 8 nitrogen and oxygen atoms in total. The molecule has 0 aliphatic carbocycles. The van der Waals surface area contributed by atoms with Crippen LogP contribution in [0.3, 0.4) is 0 Å². The van der Waals surface area contributed by atoms with Crippen LogP contribution in [-0.2, 0) is 21.5 Å². The normalized spacial score (nSPS) is 11.8. The number of carbonyl (C=O) groups excluding carboxylic acids is 1. The number of hydrogen-bond acceptors (Lipinski definition) is 6. The highest BCUT2D eigenvalue weighted by Gasteiger charge is 2.18. The van der Waals surface area contributed by atoms with Gasteiger partial charge in [0.05, 0.1) is 46.0 Å².